The van der Waals surface area contributed by atoms with E-state index in [2.05, 4.69) is 41.4 Å². The highest BCUT2D eigenvalue weighted by atomic mass is 16.5. The monoisotopic (exact) mass is 264 g/mol. The number of nitrogens with zero attached hydrogens (tertiary/aromatic N) is 2. The summed E-state index contributed by atoms with van der Waals surface area (Å²) >= 11 is 0. The van der Waals surface area contributed by atoms with Crippen LogP contribution in [0.3, 0.4) is 0 Å². The molecule has 19 heavy (non-hydrogen) atoms. The Morgan fingerprint density at radius 2 is 2.16 bits per heavy atom. The van der Waals surface area contributed by atoms with Crippen LogP contribution in [0.15, 0.2) is 23.3 Å². The molecule has 2 N–H and O–H groups in total. The SMILES string of the molecule is CCNC(=NCc1ccc(OC)nc1)NCC(C)C. The van der Waals surface area contributed by atoms with Crippen LogP contribution in [0.5, 0.6) is 5.88 Å². The molecule has 0 saturated carbocycles. The topological polar surface area (TPSA) is 58.5 Å². The van der Waals surface area contributed by atoms with E-state index in [1.165, 1.54) is 0 Å². The zero-order valence-electron chi connectivity index (χ0n) is 12.2. The number of ether oxygens (including phenoxy) is 1. The van der Waals surface area contributed by atoms with Gasteiger partial charge in [0.2, 0.25) is 5.88 Å². The van der Waals surface area contributed by atoms with Gasteiger partial charge in [-0.3, -0.25) is 0 Å². The first-order valence-corrected chi connectivity index (χ1v) is 6.66. The quantitative estimate of drug-likeness (QED) is 0.607. The van der Waals surface area contributed by atoms with Gasteiger partial charge >= 0.3 is 0 Å². The van der Waals surface area contributed by atoms with Crippen LogP contribution in [0.1, 0.15) is 26.3 Å². The van der Waals surface area contributed by atoms with Gasteiger partial charge in [0.25, 0.3) is 0 Å². The van der Waals surface area contributed by atoms with Crippen LogP contribution in [0, 0.1) is 5.92 Å². The van der Waals surface area contributed by atoms with Crippen molar-refractivity contribution in [2.24, 2.45) is 10.9 Å². The molecule has 0 aliphatic heterocycles. The van der Waals surface area contributed by atoms with E-state index >= 15 is 0 Å². The molecule has 0 unspecified atom stereocenters. The number of guanidine groups is 1. The molecule has 5 heteroatoms. The maximum absolute atomic E-state index is 5.03. The number of rotatable bonds is 6. The molecule has 1 aromatic rings. The first-order chi connectivity index (χ1) is 9.15. The third-order valence-corrected chi connectivity index (χ3v) is 2.45. The van der Waals surface area contributed by atoms with Crippen molar-refractivity contribution in [1.29, 1.82) is 0 Å². The Balaban J connectivity index is 2.57. The molecule has 0 atom stereocenters. The predicted molar refractivity (Wildman–Crippen MR) is 78.4 cm³/mol. The lowest BCUT2D eigenvalue weighted by molar-refractivity contribution is 0.397. The maximum atomic E-state index is 5.03. The van der Waals surface area contributed by atoms with Gasteiger partial charge in [0, 0.05) is 25.4 Å². The summed E-state index contributed by atoms with van der Waals surface area (Å²) in [6.45, 7) is 8.76. The van der Waals surface area contributed by atoms with Crippen LogP contribution in [0.25, 0.3) is 0 Å². The largest absolute Gasteiger partial charge is 0.481 e. The van der Waals surface area contributed by atoms with Gasteiger partial charge in [-0.15, -0.1) is 0 Å². The second-order valence-electron chi connectivity index (χ2n) is 4.68. The minimum atomic E-state index is 0.589. The Hall–Kier alpha value is -1.78. The number of hydrogen-bond donors (Lipinski definition) is 2. The molecule has 1 heterocycles. The van der Waals surface area contributed by atoms with Crippen LogP contribution in [-0.2, 0) is 6.54 Å². The van der Waals surface area contributed by atoms with Gasteiger partial charge in [0.15, 0.2) is 5.96 Å². The third-order valence-electron chi connectivity index (χ3n) is 2.45. The molecule has 0 bridgehead atoms. The number of methoxy groups -OCH3 is 1. The van der Waals surface area contributed by atoms with Gasteiger partial charge in [-0.25, -0.2) is 9.98 Å². The Bertz CT molecular complexity index is 387. The highest BCUT2D eigenvalue weighted by Crippen LogP contribution is 2.07. The van der Waals surface area contributed by atoms with Crippen LogP contribution in [-0.4, -0.2) is 31.1 Å². The molecular weight excluding hydrogens is 240 g/mol. The average Bonchev–Trinajstić information content (AvgIpc) is 2.42. The van der Waals surface area contributed by atoms with Crippen molar-refractivity contribution in [3.8, 4) is 5.88 Å². The molecule has 0 spiro atoms. The van der Waals surface area contributed by atoms with Crippen molar-refractivity contribution >= 4 is 5.96 Å². The molecule has 0 aromatic carbocycles. The fraction of sp³-hybridized carbons (Fsp3) is 0.571. The number of aliphatic imine (C=N–C) groups is 1. The van der Waals surface area contributed by atoms with E-state index in [0.717, 1.165) is 24.6 Å². The second-order valence-corrected chi connectivity index (χ2v) is 4.68. The summed E-state index contributed by atoms with van der Waals surface area (Å²) in [6.07, 6.45) is 1.79. The van der Waals surface area contributed by atoms with E-state index in [-0.39, 0.29) is 0 Å². The van der Waals surface area contributed by atoms with Gasteiger partial charge < -0.3 is 15.4 Å². The van der Waals surface area contributed by atoms with Gasteiger partial charge in [-0.05, 0) is 18.4 Å². The van der Waals surface area contributed by atoms with Crippen molar-refractivity contribution in [3.05, 3.63) is 23.9 Å². The van der Waals surface area contributed by atoms with E-state index in [4.69, 9.17) is 4.74 Å². The van der Waals surface area contributed by atoms with Crippen LogP contribution < -0.4 is 15.4 Å². The number of pyridine rings is 1. The minimum Gasteiger partial charge on any atom is -0.481 e. The fourth-order valence-electron chi connectivity index (χ4n) is 1.44. The summed E-state index contributed by atoms with van der Waals surface area (Å²) in [7, 11) is 1.61. The second kappa shape index (κ2) is 8.34. The van der Waals surface area contributed by atoms with Crippen molar-refractivity contribution in [3.63, 3.8) is 0 Å². The molecule has 0 radical (unpaired) electrons. The maximum Gasteiger partial charge on any atom is 0.212 e. The fourth-order valence-corrected chi connectivity index (χ4v) is 1.44. The summed E-state index contributed by atoms with van der Waals surface area (Å²) in [5, 5.41) is 6.53. The van der Waals surface area contributed by atoms with Crippen LogP contribution in [0.2, 0.25) is 0 Å². The normalized spacial score (nSPS) is 11.5. The van der Waals surface area contributed by atoms with Gasteiger partial charge in [0.1, 0.15) is 0 Å². The molecule has 0 fully saturated rings. The molecule has 0 aliphatic carbocycles. The molecular formula is C14H24N4O. The Kier molecular flexibility index (Phi) is 6.71. The number of hydrogen-bond acceptors (Lipinski definition) is 3. The lowest BCUT2D eigenvalue weighted by atomic mass is 10.2. The Morgan fingerprint density at radius 3 is 2.68 bits per heavy atom. The highest BCUT2D eigenvalue weighted by Gasteiger charge is 2.00. The zero-order valence-corrected chi connectivity index (χ0v) is 12.2. The first-order valence-electron chi connectivity index (χ1n) is 6.66. The summed E-state index contributed by atoms with van der Waals surface area (Å²) in [6, 6.07) is 3.82. The van der Waals surface area contributed by atoms with Crippen LogP contribution >= 0.6 is 0 Å². The average molecular weight is 264 g/mol. The van der Waals surface area contributed by atoms with Crippen molar-refractivity contribution in [2.75, 3.05) is 20.2 Å². The van der Waals surface area contributed by atoms with E-state index in [9.17, 15) is 0 Å². The molecule has 0 aliphatic rings. The minimum absolute atomic E-state index is 0.589. The summed E-state index contributed by atoms with van der Waals surface area (Å²) < 4.78 is 5.03. The summed E-state index contributed by atoms with van der Waals surface area (Å²) in [5.74, 6) is 2.05. The van der Waals surface area contributed by atoms with E-state index in [1.807, 2.05) is 12.1 Å². The molecule has 0 saturated heterocycles. The third kappa shape index (κ3) is 6.08. The van der Waals surface area contributed by atoms with Crippen LogP contribution in [0.4, 0.5) is 0 Å². The highest BCUT2D eigenvalue weighted by molar-refractivity contribution is 5.79. The summed E-state index contributed by atoms with van der Waals surface area (Å²) in [4.78, 5) is 8.69. The molecule has 5 nitrogen and oxygen atoms in total. The van der Waals surface area contributed by atoms with Gasteiger partial charge in [-0.1, -0.05) is 19.9 Å². The molecule has 106 valence electrons. The van der Waals surface area contributed by atoms with Crippen molar-refractivity contribution < 1.29 is 4.74 Å². The lowest BCUT2D eigenvalue weighted by Gasteiger charge is -2.12. The van der Waals surface area contributed by atoms with E-state index in [1.54, 1.807) is 13.3 Å². The van der Waals surface area contributed by atoms with Gasteiger partial charge in [0.05, 0.1) is 13.7 Å². The molecule has 1 aromatic heterocycles. The van der Waals surface area contributed by atoms with Crippen molar-refractivity contribution in [2.45, 2.75) is 27.3 Å². The Labute approximate surface area is 115 Å². The number of nitrogens with one attached hydrogen (secondary N) is 2. The molecule has 1 rings (SSSR count). The summed E-state index contributed by atoms with van der Waals surface area (Å²) in [5.41, 5.74) is 1.06. The zero-order chi connectivity index (χ0) is 14.1. The van der Waals surface area contributed by atoms with Gasteiger partial charge in [-0.2, -0.15) is 0 Å². The Morgan fingerprint density at radius 1 is 1.37 bits per heavy atom. The standard InChI is InChI=1S/C14H24N4O/c1-5-15-14(17-8-11(2)3)18-10-12-6-7-13(19-4)16-9-12/h6-7,9,11H,5,8,10H2,1-4H3,(H2,15,17,18). The van der Waals surface area contributed by atoms with E-state index in [0.29, 0.717) is 18.3 Å². The molecule has 0 amide bonds. The lowest BCUT2D eigenvalue weighted by Crippen LogP contribution is -2.39. The number of aromatic nitrogens is 1. The smallest absolute Gasteiger partial charge is 0.212 e. The predicted octanol–water partition coefficient (Wildman–Crippen LogP) is 1.80. The van der Waals surface area contributed by atoms with Crippen molar-refractivity contribution in [1.82, 2.24) is 15.6 Å². The first kappa shape index (κ1) is 15.3. The van der Waals surface area contributed by atoms with E-state index < -0.39 is 0 Å².